The van der Waals surface area contributed by atoms with E-state index < -0.39 is 5.41 Å². The summed E-state index contributed by atoms with van der Waals surface area (Å²) in [5, 5.41) is 11.4. The van der Waals surface area contributed by atoms with Gasteiger partial charge in [0.1, 0.15) is 6.54 Å². The number of nitrogens with one attached hydrogen (secondary N) is 3. The van der Waals surface area contributed by atoms with Crippen LogP contribution in [-0.4, -0.2) is 89.5 Å². The summed E-state index contributed by atoms with van der Waals surface area (Å²) in [4.78, 5) is 58.8. The Labute approximate surface area is 260 Å². The van der Waals surface area contributed by atoms with Crippen LogP contribution >= 0.6 is 0 Å². The molecule has 3 N–H and O–H groups in total. The predicted molar refractivity (Wildman–Crippen MR) is 168 cm³/mol. The Hall–Kier alpha value is -3.82. The van der Waals surface area contributed by atoms with E-state index in [-0.39, 0.29) is 42.0 Å². The first-order chi connectivity index (χ1) is 21.3. The Balaban J connectivity index is 1.25. The molecule has 0 radical (unpaired) electrons. The highest BCUT2D eigenvalue weighted by Gasteiger charge is 2.53. The quantitative estimate of drug-likeness (QED) is 0.158. The van der Waals surface area contributed by atoms with E-state index in [1.807, 2.05) is 18.7 Å². The molecule has 0 aromatic rings. The molecule has 4 atom stereocenters. The first-order valence-corrected chi connectivity index (χ1v) is 16.4. The minimum absolute atomic E-state index is 0.0174. The molecular formula is C34H47N6O4+. The summed E-state index contributed by atoms with van der Waals surface area (Å²) in [5.41, 5.74) is 3.85. The lowest BCUT2D eigenvalue weighted by Crippen LogP contribution is -2.81. The molecule has 5 aliphatic rings. The Bertz CT molecular complexity index is 1340. The monoisotopic (exact) mass is 603 g/mol. The van der Waals surface area contributed by atoms with Gasteiger partial charge in [0.2, 0.25) is 11.8 Å². The van der Waals surface area contributed by atoms with E-state index in [0.717, 1.165) is 44.2 Å². The Kier molecular flexibility index (Phi) is 9.65. The molecule has 0 spiro atoms. The highest BCUT2D eigenvalue weighted by Crippen LogP contribution is 2.53. The van der Waals surface area contributed by atoms with Crippen molar-refractivity contribution in [1.82, 2.24) is 20.0 Å². The molecule has 2 unspecified atom stereocenters. The zero-order chi connectivity index (χ0) is 31.4. The van der Waals surface area contributed by atoms with Crippen molar-refractivity contribution >= 4 is 35.6 Å². The molecule has 4 amide bonds. The number of allylic oxidation sites excluding steroid dienone is 3. The van der Waals surface area contributed by atoms with Crippen LogP contribution < -0.4 is 10.3 Å². The summed E-state index contributed by atoms with van der Waals surface area (Å²) in [6.07, 6.45) is 16.7. The van der Waals surface area contributed by atoms with Gasteiger partial charge < -0.3 is 20.5 Å². The number of rotatable bonds is 14. The van der Waals surface area contributed by atoms with E-state index >= 15 is 0 Å². The highest BCUT2D eigenvalue weighted by atomic mass is 16.2. The van der Waals surface area contributed by atoms with Crippen LogP contribution in [0.3, 0.4) is 0 Å². The van der Waals surface area contributed by atoms with Gasteiger partial charge in [-0.3, -0.25) is 24.1 Å². The molecule has 2 aliphatic carbocycles. The molecule has 3 heterocycles. The van der Waals surface area contributed by atoms with Crippen LogP contribution in [0.25, 0.3) is 0 Å². The van der Waals surface area contributed by atoms with Gasteiger partial charge in [0.05, 0.1) is 6.42 Å². The lowest BCUT2D eigenvalue weighted by Gasteiger charge is -2.43. The molecule has 236 valence electrons. The first-order valence-electron chi connectivity index (χ1n) is 16.4. The largest absolute Gasteiger partial charge is 0.355 e. The second kappa shape index (κ2) is 13.4. The third-order valence-corrected chi connectivity index (χ3v) is 9.93. The number of hydrogen-bond donors (Lipinski definition) is 3. The number of nitrogens with zero attached hydrogens (tertiary/aromatic N) is 3. The van der Waals surface area contributed by atoms with Crippen molar-refractivity contribution in [3.05, 3.63) is 47.3 Å². The number of amides is 4. The number of fused-ring (bicyclic) bond motifs is 2. The molecule has 0 saturated heterocycles. The zero-order valence-electron chi connectivity index (χ0n) is 26.4. The van der Waals surface area contributed by atoms with E-state index in [1.165, 1.54) is 40.1 Å². The van der Waals surface area contributed by atoms with E-state index in [1.54, 1.807) is 0 Å². The standard InChI is InChI=1S/C34H46N6O4/c1-4-10-23-11-12-27-32-24(17-26-25(31(23)32)18-34(21-35,22-37-26)33(44)38(5-2)6-3)19-39(27)20-28(41)36-15-8-7-9-16-40-29(42)13-14-30(40)43/h12-14,18-19,21,23,31-32,35H,4-11,15-17,20,22H2,1-3H3,(H,36,41)/p+1/t23-,31?,32?,34-/m0/s1. The normalized spacial score (nSPS) is 26.8. The van der Waals surface area contributed by atoms with Gasteiger partial charge >= 0.3 is 0 Å². The third-order valence-electron chi connectivity index (χ3n) is 9.93. The van der Waals surface area contributed by atoms with Gasteiger partial charge in [0.15, 0.2) is 17.7 Å². The van der Waals surface area contributed by atoms with E-state index in [4.69, 9.17) is 5.41 Å². The van der Waals surface area contributed by atoms with Gasteiger partial charge in [-0.05, 0) is 63.5 Å². The Morgan fingerprint density at radius 1 is 1.14 bits per heavy atom. The fourth-order valence-electron chi connectivity index (χ4n) is 7.66. The van der Waals surface area contributed by atoms with Gasteiger partial charge in [0.25, 0.3) is 11.8 Å². The lowest BCUT2D eigenvalue weighted by atomic mass is 9.60. The van der Waals surface area contributed by atoms with Gasteiger partial charge in [-0.15, -0.1) is 0 Å². The molecule has 5 rings (SSSR count). The maximum absolute atomic E-state index is 13.7. The highest BCUT2D eigenvalue weighted by molar-refractivity contribution is 6.12. The van der Waals surface area contributed by atoms with E-state index in [0.29, 0.717) is 45.1 Å². The first kappa shape index (κ1) is 31.6. The third kappa shape index (κ3) is 5.95. The van der Waals surface area contributed by atoms with Crippen molar-refractivity contribution in [2.75, 3.05) is 39.3 Å². The summed E-state index contributed by atoms with van der Waals surface area (Å²) in [5.74, 6) is 0.265. The van der Waals surface area contributed by atoms with E-state index in [9.17, 15) is 19.2 Å². The van der Waals surface area contributed by atoms with Crippen LogP contribution in [0.2, 0.25) is 0 Å². The summed E-state index contributed by atoms with van der Waals surface area (Å²) in [6, 6.07) is 0. The average molecular weight is 604 g/mol. The van der Waals surface area contributed by atoms with Crippen molar-refractivity contribution in [3.63, 3.8) is 0 Å². The Morgan fingerprint density at radius 3 is 2.57 bits per heavy atom. The Morgan fingerprint density at radius 2 is 1.89 bits per heavy atom. The summed E-state index contributed by atoms with van der Waals surface area (Å²) < 4.78 is 0. The van der Waals surface area contributed by atoms with Gasteiger partial charge in [-0.25, -0.2) is 4.99 Å². The second-order valence-electron chi connectivity index (χ2n) is 12.6. The van der Waals surface area contributed by atoms with Gasteiger partial charge in [0, 0.05) is 73.9 Å². The SMILES string of the molecule is CCC[C@H]1CC=C2C3C(=CN2CC(=O)NCCCCCN2C(=O)C=CC2=O)CC2=[NH+]C[C@](C=N)(C(=O)N(CC)CC)C=C2C31. The van der Waals surface area contributed by atoms with Crippen molar-refractivity contribution in [1.29, 1.82) is 5.41 Å². The molecule has 0 aromatic carbocycles. The number of carbonyl (C=O) groups is 4. The van der Waals surface area contributed by atoms with Crippen LogP contribution in [0, 0.1) is 28.6 Å². The van der Waals surface area contributed by atoms with Gasteiger partial charge in [-0.1, -0.05) is 19.4 Å². The fraction of sp³-hybridized carbons (Fsp3) is 0.588. The number of unbranched alkanes of at least 4 members (excludes halogenated alkanes) is 2. The molecule has 1 saturated carbocycles. The number of carbonyl (C=O) groups excluding carboxylic acids is 4. The zero-order valence-corrected chi connectivity index (χ0v) is 26.4. The minimum atomic E-state index is -0.987. The molecular weight excluding hydrogens is 556 g/mol. The molecule has 0 aromatic heterocycles. The van der Waals surface area contributed by atoms with Crippen molar-refractivity contribution in [2.45, 2.75) is 65.7 Å². The van der Waals surface area contributed by atoms with Crippen molar-refractivity contribution in [3.8, 4) is 0 Å². The van der Waals surface area contributed by atoms with Crippen LogP contribution in [-0.2, 0) is 19.2 Å². The van der Waals surface area contributed by atoms with E-state index in [2.05, 4.69) is 40.5 Å². The summed E-state index contributed by atoms with van der Waals surface area (Å²) >= 11 is 0. The molecule has 1 fully saturated rings. The maximum Gasteiger partial charge on any atom is 0.253 e. The number of imide groups is 1. The summed E-state index contributed by atoms with van der Waals surface area (Å²) in [6.45, 7) is 9.02. The molecule has 0 bridgehead atoms. The smallest absolute Gasteiger partial charge is 0.253 e. The maximum atomic E-state index is 13.7. The lowest BCUT2D eigenvalue weighted by molar-refractivity contribution is -0.468. The predicted octanol–water partition coefficient (Wildman–Crippen LogP) is 1.70. The summed E-state index contributed by atoms with van der Waals surface area (Å²) in [7, 11) is 0. The number of hydrogen-bond acceptors (Lipinski definition) is 6. The molecule has 10 heteroatoms. The second-order valence-corrected chi connectivity index (χ2v) is 12.6. The fourth-order valence-corrected chi connectivity index (χ4v) is 7.66. The van der Waals surface area contributed by atoms with Crippen molar-refractivity contribution in [2.24, 2.45) is 23.2 Å². The van der Waals surface area contributed by atoms with Crippen molar-refractivity contribution < 1.29 is 24.2 Å². The van der Waals surface area contributed by atoms with Gasteiger partial charge in [-0.2, -0.15) is 0 Å². The average Bonchev–Trinajstić information content (AvgIpc) is 3.54. The van der Waals surface area contributed by atoms with Crippen LogP contribution in [0.4, 0.5) is 0 Å². The molecule has 44 heavy (non-hydrogen) atoms. The van der Waals surface area contributed by atoms with Crippen LogP contribution in [0.1, 0.15) is 65.7 Å². The molecule has 10 nitrogen and oxygen atoms in total. The van der Waals surface area contributed by atoms with Crippen LogP contribution in [0.5, 0.6) is 0 Å². The van der Waals surface area contributed by atoms with Crippen LogP contribution in [0.15, 0.2) is 47.3 Å². The topological polar surface area (TPSA) is 128 Å². The minimum Gasteiger partial charge on any atom is -0.355 e. The molecule has 3 aliphatic heterocycles.